The third-order valence-corrected chi connectivity index (χ3v) is 5.46. The van der Waals surface area contributed by atoms with Gasteiger partial charge < -0.3 is 14.5 Å². The highest BCUT2D eigenvalue weighted by Crippen LogP contribution is 2.21. The summed E-state index contributed by atoms with van der Waals surface area (Å²) in [6, 6.07) is 3.61. The number of hydrogen-bond acceptors (Lipinski definition) is 7. The van der Waals surface area contributed by atoms with Gasteiger partial charge in [-0.15, -0.1) is 11.3 Å². The zero-order valence-electron chi connectivity index (χ0n) is 14.4. The van der Waals surface area contributed by atoms with Crippen LogP contribution in [0.15, 0.2) is 22.0 Å². The van der Waals surface area contributed by atoms with Crippen LogP contribution in [0.25, 0.3) is 10.7 Å². The summed E-state index contributed by atoms with van der Waals surface area (Å²) in [6.45, 7) is 6.35. The Morgan fingerprint density at radius 2 is 2.20 bits per heavy atom. The van der Waals surface area contributed by atoms with E-state index in [0.717, 1.165) is 50.4 Å². The second kappa shape index (κ2) is 8.55. The van der Waals surface area contributed by atoms with Gasteiger partial charge in [0, 0.05) is 32.6 Å². The van der Waals surface area contributed by atoms with Crippen LogP contribution in [0, 0.1) is 0 Å². The molecule has 0 aromatic carbocycles. The summed E-state index contributed by atoms with van der Waals surface area (Å²) in [7, 11) is 0. The van der Waals surface area contributed by atoms with Crippen LogP contribution in [0.4, 0.5) is 0 Å². The van der Waals surface area contributed by atoms with Crippen LogP contribution < -0.4 is 0 Å². The van der Waals surface area contributed by atoms with Crippen LogP contribution >= 0.6 is 11.3 Å². The number of thiophene rings is 1. The van der Waals surface area contributed by atoms with Gasteiger partial charge >= 0.3 is 5.97 Å². The van der Waals surface area contributed by atoms with Crippen LogP contribution in [-0.4, -0.2) is 69.8 Å². The molecule has 0 spiro atoms. The Morgan fingerprint density at radius 3 is 2.84 bits per heavy atom. The van der Waals surface area contributed by atoms with Crippen LogP contribution in [0.5, 0.6) is 0 Å². The minimum absolute atomic E-state index is 0.351. The predicted molar refractivity (Wildman–Crippen MR) is 95.7 cm³/mol. The molecular weight excluding hydrogens is 340 g/mol. The second-order valence-corrected chi connectivity index (χ2v) is 7.18. The average Bonchev–Trinajstić information content (AvgIpc) is 3.27. The standard InChI is InChI=1S/C17H24N4O3S/c1-2-13(17(22)23)21-10-8-20(9-11-21)7-3-6-15-18-16(19-24-15)14-5-4-12-25-14/h4-5,12-13H,2-3,6-11H2,1H3,(H,22,23). The Balaban J connectivity index is 1.40. The number of carbonyl (C=O) groups is 1. The molecule has 25 heavy (non-hydrogen) atoms. The normalized spacial score (nSPS) is 17.6. The first-order valence-electron chi connectivity index (χ1n) is 8.73. The van der Waals surface area contributed by atoms with Gasteiger partial charge in [-0.3, -0.25) is 9.69 Å². The van der Waals surface area contributed by atoms with E-state index in [2.05, 4.69) is 19.9 Å². The summed E-state index contributed by atoms with van der Waals surface area (Å²) >= 11 is 1.60. The number of aromatic nitrogens is 2. The lowest BCUT2D eigenvalue weighted by molar-refractivity contribution is -0.144. The van der Waals surface area contributed by atoms with Gasteiger partial charge in [0.1, 0.15) is 6.04 Å². The molecule has 0 saturated carbocycles. The molecule has 3 rings (SSSR count). The first-order chi connectivity index (χ1) is 12.2. The summed E-state index contributed by atoms with van der Waals surface area (Å²) in [5, 5.41) is 15.3. The van der Waals surface area contributed by atoms with Crippen molar-refractivity contribution in [3.05, 3.63) is 23.4 Å². The minimum atomic E-state index is -0.714. The molecular formula is C17H24N4O3S. The molecule has 0 bridgehead atoms. The Kier molecular flexibility index (Phi) is 6.17. The van der Waals surface area contributed by atoms with E-state index in [1.54, 1.807) is 11.3 Å². The zero-order valence-corrected chi connectivity index (χ0v) is 15.2. The molecule has 1 fully saturated rings. The Labute approximate surface area is 151 Å². The van der Waals surface area contributed by atoms with Gasteiger partial charge in [0.15, 0.2) is 0 Å². The lowest BCUT2D eigenvalue weighted by Gasteiger charge is -2.37. The fraction of sp³-hybridized carbons (Fsp3) is 0.588. The summed E-state index contributed by atoms with van der Waals surface area (Å²) in [5.41, 5.74) is 0. The molecule has 8 heteroatoms. The number of carboxylic acid groups (broad SMARTS) is 1. The van der Waals surface area contributed by atoms with E-state index in [0.29, 0.717) is 18.1 Å². The lowest BCUT2D eigenvalue weighted by Crippen LogP contribution is -2.52. The molecule has 1 saturated heterocycles. The number of nitrogens with zero attached hydrogens (tertiary/aromatic N) is 4. The summed E-state index contributed by atoms with van der Waals surface area (Å²) in [5.74, 6) is 0.630. The van der Waals surface area contributed by atoms with Crippen molar-refractivity contribution >= 4 is 17.3 Å². The van der Waals surface area contributed by atoms with Crippen LogP contribution in [0.3, 0.4) is 0 Å². The van der Waals surface area contributed by atoms with Crippen molar-refractivity contribution in [2.45, 2.75) is 32.2 Å². The van der Waals surface area contributed by atoms with Gasteiger partial charge in [-0.05, 0) is 30.8 Å². The summed E-state index contributed by atoms with van der Waals surface area (Å²) < 4.78 is 5.32. The quantitative estimate of drug-likeness (QED) is 0.769. The van der Waals surface area contributed by atoms with Crippen molar-refractivity contribution in [2.75, 3.05) is 32.7 Å². The van der Waals surface area contributed by atoms with Gasteiger partial charge in [0.25, 0.3) is 0 Å². The molecule has 2 aromatic rings. The van der Waals surface area contributed by atoms with E-state index >= 15 is 0 Å². The predicted octanol–water partition coefficient (Wildman–Crippen LogP) is 2.21. The fourth-order valence-electron chi connectivity index (χ4n) is 3.20. The first-order valence-corrected chi connectivity index (χ1v) is 9.61. The van der Waals surface area contributed by atoms with Crippen LogP contribution in [0.2, 0.25) is 0 Å². The number of aryl methyl sites for hydroxylation is 1. The fourth-order valence-corrected chi connectivity index (χ4v) is 3.85. The van der Waals surface area contributed by atoms with Gasteiger partial charge in [0.05, 0.1) is 4.88 Å². The molecule has 0 amide bonds. The molecule has 136 valence electrons. The molecule has 1 aliphatic rings. The first kappa shape index (κ1) is 18.0. The highest BCUT2D eigenvalue weighted by molar-refractivity contribution is 7.13. The maximum atomic E-state index is 11.2. The van der Waals surface area contributed by atoms with E-state index in [4.69, 9.17) is 4.52 Å². The Hall–Kier alpha value is -1.77. The smallest absolute Gasteiger partial charge is 0.320 e. The summed E-state index contributed by atoms with van der Waals surface area (Å²) in [6.07, 6.45) is 2.38. The largest absolute Gasteiger partial charge is 0.480 e. The van der Waals surface area contributed by atoms with Crippen molar-refractivity contribution in [3.8, 4) is 10.7 Å². The topological polar surface area (TPSA) is 82.7 Å². The zero-order chi connectivity index (χ0) is 17.6. The molecule has 0 radical (unpaired) electrons. The Morgan fingerprint density at radius 1 is 1.40 bits per heavy atom. The van der Waals surface area contributed by atoms with E-state index in [9.17, 15) is 9.90 Å². The monoisotopic (exact) mass is 364 g/mol. The van der Waals surface area contributed by atoms with Gasteiger partial charge in [-0.1, -0.05) is 18.1 Å². The second-order valence-electron chi connectivity index (χ2n) is 6.23. The van der Waals surface area contributed by atoms with E-state index < -0.39 is 5.97 Å². The van der Waals surface area contributed by atoms with Crippen LogP contribution in [0.1, 0.15) is 25.7 Å². The number of piperazine rings is 1. The SMILES string of the molecule is CCC(C(=O)O)N1CCN(CCCc2nc(-c3cccs3)no2)CC1. The summed E-state index contributed by atoms with van der Waals surface area (Å²) in [4.78, 5) is 21.2. The molecule has 1 atom stereocenters. The maximum absolute atomic E-state index is 11.2. The third-order valence-electron chi connectivity index (χ3n) is 4.59. The van der Waals surface area contributed by atoms with Crippen molar-refractivity contribution in [1.82, 2.24) is 19.9 Å². The van der Waals surface area contributed by atoms with E-state index in [1.165, 1.54) is 0 Å². The molecule has 3 heterocycles. The third kappa shape index (κ3) is 4.65. The van der Waals surface area contributed by atoms with Gasteiger partial charge in [-0.25, -0.2) is 0 Å². The van der Waals surface area contributed by atoms with Crippen molar-refractivity contribution in [1.29, 1.82) is 0 Å². The molecule has 7 nitrogen and oxygen atoms in total. The van der Waals surface area contributed by atoms with Crippen LogP contribution in [-0.2, 0) is 11.2 Å². The molecule has 0 aliphatic carbocycles. The highest BCUT2D eigenvalue weighted by Gasteiger charge is 2.27. The number of hydrogen-bond donors (Lipinski definition) is 1. The molecule has 1 aliphatic heterocycles. The maximum Gasteiger partial charge on any atom is 0.320 e. The number of carboxylic acids is 1. The number of aliphatic carboxylic acids is 1. The molecule has 2 aromatic heterocycles. The highest BCUT2D eigenvalue weighted by atomic mass is 32.1. The van der Waals surface area contributed by atoms with Crippen molar-refractivity contribution in [2.24, 2.45) is 0 Å². The van der Waals surface area contributed by atoms with E-state index in [1.807, 2.05) is 24.4 Å². The van der Waals surface area contributed by atoms with Crippen molar-refractivity contribution in [3.63, 3.8) is 0 Å². The minimum Gasteiger partial charge on any atom is -0.480 e. The molecule has 1 unspecified atom stereocenters. The average molecular weight is 364 g/mol. The van der Waals surface area contributed by atoms with Gasteiger partial charge in [-0.2, -0.15) is 4.98 Å². The van der Waals surface area contributed by atoms with Crippen molar-refractivity contribution < 1.29 is 14.4 Å². The number of rotatable bonds is 8. The lowest BCUT2D eigenvalue weighted by atomic mass is 10.1. The molecule has 1 N–H and O–H groups in total. The Bertz CT molecular complexity index is 665. The van der Waals surface area contributed by atoms with E-state index in [-0.39, 0.29) is 6.04 Å². The van der Waals surface area contributed by atoms with Gasteiger partial charge in [0.2, 0.25) is 11.7 Å².